The van der Waals surface area contributed by atoms with Gasteiger partial charge in [0.15, 0.2) is 5.75 Å². The molecule has 1 unspecified atom stereocenters. The molecule has 0 aliphatic heterocycles. The largest absolute Gasteiger partial charge is 0.493 e. The molecule has 4 nitrogen and oxygen atoms in total. The van der Waals surface area contributed by atoms with E-state index in [0.717, 1.165) is 43.7 Å². The fourth-order valence-electron chi connectivity index (χ4n) is 2.62. The lowest BCUT2D eigenvalue weighted by atomic mass is 9.95. The predicted octanol–water partition coefficient (Wildman–Crippen LogP) is 2.53. The van der Waals surface area contributed by atoms with Crippen LogP contribution in [0.2, 0.25) is 0 Å². The molecule has 0 saturated heterocycles. The standard InChI is InChI=1S/C13H20N2O2/c1-3-15-13(12(17-2)9-14-15)10-6-4-5-7-11(16)8-10/h9-10H,3-8H2,1-2H3. The summed E-state index contributed by atoms with van der Waals surface area (Å²) in [5.41, 5.74) is 1.10. The highest BCUT2D eigenvalue weighted by Gasteiger charge is 2.25. The number of hydrogen-bond donors (Lipinski definition) is 0. The summed E-state index contributed by atoms with van der Waals surface area (Å²) in [6.07, 6.45) is 6.34. The van der Waals surface area contributed by atoms with Crippen LogP contribution in [0.25, 0.3) is 0 Å². The highest BCUT2D eigenvalue weighted by atomic mass is 16.5. The normalized spacial score (nSPS) is 21.3. The van der Waals surface area contributed by atoms with Gasteiger partial charge in [-0.05, 0) is 19.8 Å². The van der Waals surface area contributed by atoms with Crippen molar-refractivity contribution in [2.24, 2.45) is 0 Å². The number of aryl methyl sites for hydroxylation is 1. The van der Waals surface area contributed by atoms with Gasteiger partial charge in [-0.15, -0.1) is 0 Å². The topological polar surface area (TPSA) is 44.1 Å². The number of carbonyl (C=O) groups is 1. The third kappa shape index (κ3) is 2.51. The Bertz CT molecular complexity index is 377. The van der Waals surface area contributed by atoms with E-state index in [4.69, 9.17) is 4.74 Å². The Hall–Kier alpha value is -1.32. The molecule has 0 radical (unpaired) electrons. The van der Waals surface area contributed by atoms with Crippen LogP contribution < -0.4 is 4.74 Å². The Balaban J connectivity index is 2.30. The van der Waals surface area contributed by atoms with Crippen molar-refractivity contribution < 1.29 is 9.53 Å². The summed E-state index contributed by atoms with van der Waals surface area (Å²) in [7, 11) is 1.67. The van der Waals surface area contributed by atoms with Crippen molar-refractivity contribution in [3.63, 3.8) is 0 Å². The maximum absolute atomic E-state index is 11.7. The van der Waals surface area contributed by atoms with Crippen LogP contribution in [0.4, 0.5) is 0 Å². The summed E-state index contributed by atoms with van der Waals surface area (Å²) in [6, 6.07) is 0. The number of methoxy groups -OCH3 is 1. The minimum Gasteiger partial charge on any atom is -0.493 e. The van der Waals surface area contributed by atoms with Crippen molar-refractivity contribution in [2.75, 3.05) is 7.11 Å². The molecular weight excluding hydrogens is 216 g/mol. The van der Waals surface area contributed by atoms with Crippen LogP contribution in [0.15, 0.2) is 6.20 Å². The highest BCUT2D eigenvalue weighted by molar-refractivity contribution is 5.79. The SMILES string of the molecule is CCn1ncc(OC)c1C1CCCCC(=O)C1. The Labute approximate surface area is 102 Å². The molecule has 1 heterocycles. The lowest BCUT2D eigenvalue weighted by Crippen LogP contribution is -2.11. The van der Waals surface area contributed by atoms with Crippen LogP contribution in [0.1, 0.15) is 50.6 Å². The Morgan fingerprint density at radius 1 is 1.53 bits per heavy atom. The first-order valence-corrected chi connectivity index (χ1v) is 6.37. The van der Waals surface area contributed by atoms with Gasteiger partial charge in [-0.1, -0.05) is 6.42 Å². The number of hydrogen-bond acceptors (Lipinski definition) is 3. The molecule has 0 amide bonds. The van der Waals surface area contributed by atoms with Crippen LogP contribution in [0, 0.1) is 0 Å². The zero-order chi connectivity index (χ0) is 12.3. The molecule has 1 fully saturated rings. The van der Waals surface area contributed by atoms with Crippen molar-refractivity contribution in [3.8, 4) is 5.75 Å². The molecule has 2 rings (SSSR count). The zero-order valence-electron chi connectivity index (χ0n) is 10.6. The van der Waals surface area contributed by atoms with Crippen LogP contribution in [-0.4, -0.2) is 22.7 Å². The molecule has 1 aliphatic rings. The summed E-state index contributed by atoms with van der Waals surface area (Å²) < 4.78 is 7.32. The number of carbonyl (C=O) groups excluding carboxylic acids is 1. The summed E-state index contributed by atoms with van der Waals surface area (Å²) in [5.74, 6) is 1.48. The van der Waals surface area contributed by atoms with Gasteiger partial charge in [-0.3, -0.25) is 9.48 Å². The number of aromatic nitrogens is 2. The number of rotatable bonds is 3. The smallest absolute Gasteiger partial charge is 0.160 e. The molecule has 0 spiro atoms. The van der Waals surface area contributed by atoms with E-state index in [0.29, 0.717) is 12.2 Å². The van der Waals surface area contributed by atoms with Gasteiger partial charge in [0.25, 0.3) is 0 Å². The Morgan fingerprint density at radius 3 is 3.06 bits per heavy atom. The van der Waals surface area contributed by atoms with E-state index in [1.165, 1.54) is 0 Å². The first kappa shape index (κ1) is 12.1. The minimum absolute atomic E-state index is 0.280. The van der Waals surface area contributed by atoms with Crippen molar-refractivity contribution in [2.45, 2.75) is 51.5 Å². The quantitative estimate of drug-likeness (QED) is 0.757. The molecular formula is C13H20N2O2. The fourth-order valence-corrected chi connectivity index (χ4v) is 2.62. The lowest BCUT2D eigenvalue weighted by molar-refractivity contribution is -0.119. The second kappa shape index (κ2) is 5.34. The predicted molar refractivity (Wildman–Crippen MR) is 65.3 cm³/mol. The van der Waals surface area contributed by atoms with Crippen LogP contribution in [0.3, 0.4) is 0 Å². The summed E-state index contributed by atoms with van der Waals surface area (Å²) in [4.78, 5) is 11.7. The second-order valence-corrected chi connectivity index (χ2v) is 4.60. The molecule has 1 atom stereocenters. The molecule has 0 N–H and O–H groups in total. The maximum Gasteiger partial charge on any atom is 0.160 e. The Kier molecular flexibility index (Phi) is 3.82. The summed E-state index contributed by atoms with van der Waals surface area (Å²) in [5, 5.41) is 4.32. The van der Waals surface area contributed by atoms with Crippen molar-refractivity contribution >= 4 is 5.78 Å². The van der Waals surface area contributed by atoms with E-state index in [-0.39, 0.29) is 5.92 Å². The van der Waals surface area contributed by atoms with E-state index in [2.05, 4.69) is 12.0 Å². The molecule has 1 aliphatic carbocycles. The first-order valence-electron chi connectivity index (χ1n) is 6.37. The van der Waals surface area contributed by atoms with E-state index in [9.17, 15) is 4.79 Å². The van der Waals surface area contributed by atoms with Crippen molar-refractivity contribution in [1.29, 1.82) is 0 Å². The van der Waals surface area contributed by atoms with E-state index in [1.54, 1.807) is 13.3 Å². The molecule has 1 saturated carbocycles. The lowest BCUT2D eigenvalue weighted by Gasteiger charge is -2.16. The second-order valence-electron chi connectivity index (χ2n) is 4.60. The molecule has 0 aromatic carbocycles. The van der Waals surface area contributed by atoms with Gasteiger partial charge < -0.3 is 4.74 Å². The average Bonchev–Trinajstić information content (AvgIpc) is 2.64. The molecule has 17 heavy (non-hydrogen) atoms. The summed E-state index contributed by atoms with van der Waals surface area (Å²) in [6.45, 7) is 2.89. The average molecular weight is 236 g/mol. The third-order valence-electron chi connectivity index (χ3n) is 3.48. The maximum atomic E-state index is 11.7. The van der Waals surface area contributed by atoms with Gasteiger partial charge in [-0.25, -0.2) is 0 Å². The molecule has 94 valence electrons. The fraction of sp³-hybridized carbons (Fsp3) is 0.692. The molecule has 1 aromatic heterocycles. The first-order chi connectivity index (χ1) is 8.26. The number of nitrogens with zero attached hydrogens (tertiary/aromatic N) is 2. The number of ether oxygens (including phenoxy) is 1. The van der Waals surface area contributed by atoms with Crippen LogP contribution in [0.5, 0.6) is 5.75 Å². The zero-order valence-corrected chi connectivity index (χ0v) is 10.6. The summed E-state index contributed by atoms with van der Waals surface area (Å²) >= 11 is 0. The highest BCUT2D eigenvalue weighted by Crippen LogP contribution is 2.35. The Morgan fingerprint density at radius 2 is 2.35 bits per heavy atom. The van der Waals surface area contributed by atoms with Gasteiger partial charge in [-0.2, -0.15) is 5.10 Å². The number of Topliss-reactive ketones (excluding diaryl/α,β-unsaturated/α-hetero) is 1. The van der Waals surface area contributed by atoms with Crippen molar-refractivity contribution in [1.82, 2.24) is 9.78 Å². The van der Waals surface area contributed by atoms with E-state index < -0.39 is 0 Å². The third-order valence-corrected chi connectivity index (χ3v) is 3.48. The van der Waals surface area contributed by atoms with E-state index >= 15 is 0 Å². The number of ketones is 1. The van der Waals surface area contributed by atoms with Crippen molar-refractivity contribution in [3.05, 3.63) is 11.9 Å². The van der Waals surface area contributed by atoms with Crippen LogP contribution >= 0.6 is 0 Å². The van der Waals surface area contributed by atoms with Crippen LogP contribution in [-0.2, 0) is 11.3 Å². The van der Waals surface area contributed by atoms with Gasteiger partial charge >= 0.3 is 0 Å². The minimum atomic E-state index is 0.280. The molecule has 4 heteroatoms. The van der Waals surface area contributed by atoms with Gasteiger partial charge in [0, 0.05) is 25.3 Å². The molecule has 1 aromatic rings. The monoisotopic (exact) mass is 236 g/mol. The van der Waals surface area contributed by atoms with Gasteiger partial charge in [0.2, 0.25) is 0 Å². The van der Waals surface area contributed by atoms with Gasteiger partial charge in [0.05, 0.1) is 19.0 Å². The molecule has 0 bridgehead atoms. The van der Waals surface area contributed by atoms with E-state index in [1.807, 2.05) is 4.68 Å². The van der Waals surface area contributed by atoms with Gasteiger partial charge in [0.1, 0.15) is 5.78 Å².